The lowest BCUT2D eigenvalue weighted by Gasteiger charge is -2.13. The summed E-state index contributed by atoms with van der Waals surface area (Å²) in [7, 11) is 6.85. The van der Waals surface area contributed by atoms with Crippen molar-refractivity contribution in [3.05, 3.63) is 59.2 Å². The van der Waals surface area contributed by atoms with E-state index in [0.29, 0.717) is 18.7 Å². The highest BCUT2D eigenvalue weighted by molar-refractivity contribution is 5.94. The zero-order valence-corrected chi connectivity index (χ0v) is 19.2. The lowest BCUT2D eigenvalue weighted by molar-refractivity contribution is 0.0827. The van der Waals surface area contributed by atoms with E-state index in [-0.39, 0.29) is 5.91 Å². The second-order valence-electron chi connectivity index (χ2n) is 7.27. The van der Waals surface area contributed by atoms with E-state index in [9.17, 15) is 4.79 Å². The van der Waals surface area contributed by atoms with Gasteiger partial charge in [-0.25, -0.2) is 0 Å². The maximum Gasteiger partial charge on any atom is 0.253 e. The lowest BCUT2D eigenvalue weighted by Crippen LogP contribution is -2.38. The van der Waals surface area contributed by atoms with Gasteiger partial charge in [-0.05, 0) is 61.2 Å². The average Bonchev–Trinajstić information content (AvgIpc) is 2.78. The number of aliphatic imine (C=N–C) groups is 1. The van der Waals surface area contributed by atoms with Crippen molar-refractivity contribution in [1.29, 1.82) is 0 Å². The van der Waals surface area contributed by atoms with Crippen LogP contribution in [0.5, 0.6) is 11.5 Å². The van der Waals surface area contributed by atoms with E-state index in [0.717, 1.165) is 48.0 Å². The SMILES string of the molecule is CCNC(=NCCc1cc(OC)ccc1OC)NCCc1cccc(C(=O)N(C)C)c1. The second-order valence-corrected chi connectivity index (χ2v) is 7.27. The normalized spacial score (nSPS) is 11.1. The summed E-state index contributed by atoms with van der Waals surface area (Å²) in [5.41, 5.74) is 2.87. The van der Waals surface area contributed by atoms with Crippen LogP contribution in [0.4, 0.5) is 0 Å². The van der Waals surface area contributed by atoms with Gasteiger partial charge in [0.1, 0.15) is 11.5 Å². The number of nitrogens with zero attached hydrogens (tertiary/aromatic N) is 2. The van der Waals surface area contributed by atoms with Crippen molar-refractivity contribution in [3.63, 3.8) is 0 Å². The maximum atomic E-state index is 12.1. The third-order valence-corrected chi connectivity index (χ3v) is 4.77. The predicted molar refractivity (Wildman–Crippen MR) is 125 cm³/mol. The van der Waals surface area contributed by atoms with Gasteiger partial charge in [0.2, 0.25) is 0 Å². The van der Waals surface area contributed by atoms with Crippen LogP contribution in [0.3, 0.4) is 0 Å². The van der Waals surface area contributed by atoms with E-state index in [2.05, 4.69) is 15.6 Å². The summed E-state index contributed by atoms with van der Waals surface area (Å²) in [4.78, 5) is 18.4. The van der Waals surface area contributed by atoms with Crippen LogP contribution in [0, 0.1) is 0 Å². The molecule has 0 spiro atoms. The van der Waals surface area contributed by atoms with Gasteiger partial charge in [0.05, 0.1) is 14.2 Å². The summed E-state index contributed by atoms with van der Waals surface area (Å²) in [5.74, 6) is 2.42. The molecule has 2 N–H and O–H groups in total. The van der Waals surface area contributed by atoms with Crippen molar-refractivity contribution < 1.29 is 14.3 Å². The van der Waals surface area contributed by atoms with Gasteiger partial charge in [-0.15, -0.1) is 0 Å². The Labute approximate surface area is 185 Å². The first-order chi connectivity index (χ1) is 15.0. The molecule has 7 nitrogen and oxygen atoms in total. The molecule has 0 saturated carbocycles. The third kappa shape index (κ3) is 7.51. The van der Waals surface area contributed by atoms with Crippen molar-refractivity contribution in [2.24, 2.45) is 4.99 Å². The van der Waals surface area contributed by atoms with Crippen LogP contribution in [0.2, 0.25) is 0 Å². The molecular formula is C24H34N4O3. The topological polar surface area (TPSA) is 75.2 Å². The first kappa shape index (κ1) is 24.1. The van der Waals surface area contributed by atoms with Gasteiger partial charge in [0.25, 0.3) is 5.91 Å². The van der Waals surface area contributed by atoms with E-state index in [1.54, 1.807) is 33.2 Å². The minimum Gasteiger partial charge on any atom is -0.497 e. The molecule has 31 heavy (non-hydrogen) atoms. The average molecular weight is 427 g/mol. The van der Waals surface area contributed by atoms with Crippen LogP contribution in [0.15, 0.2) is 47.5 Å². The van der Waals surface area contributed by atoms with Gasteiger partial charge < -0.3 is 25.0 Å². The first-order valence-electron chi connectivity index (χ1n) is 10.5. The molecule has 2 rings (SSSR count). The largest absolute Gasteiger partial charge is 0.497 e. The highest BCUT2D eigenvalue weighted by atomic mass is 16.5. The van der Waals surface area contributed by atoms with Gasteiger partial charge >= 0.3 is 0 Å². The molecule has 0 aliphatic carbocycles. The number of hydrogen-bond donors (Lipinski definition) is 2. The fraction of sp³-hybridized carbons (Fsp3) is 0.417. The Kier molecular flexibility index (Phi) is 9.68. The number of methoxy groups -OCH3 is 2. The number of guanidine groups is 1. The Morgan fingerprint density at radius 1 is 1.03 bits per heavy atom. The summed E-state index contributed by atoms with van der Waals surface area (Å²) in [6.45, 7) is 4.15. The van der Waals surface area contributed by atoms with Gasteiger partial charge in [-0.1, -0.05) is 12.1 Å². The summed E-state index contributed by atoms with van der Waals surface area (Å²) < 4.78 is 10.8. The van der Waals surface area contributed by atoms with Crippen molar-refractivity contribution >= 4 is 11.9 Å². The lowest BCUT2D eigenvalue weighted by atomic mass is 10.1. The maximum absolute atomic E-state index is 12.1. The Hall–Kier alpha value is -3.22. The third-order valence-electron chi connectivity index (χ3n) is 4.77. The molecule has 0 atom stereocenters. The number of ether oxygens (including phenoxy) is 2. The van der Waals surface area contributed by atoms with E-state index in [4.69, 9.17) is 9.47 Å². The van der Waals surface area contributed by atoms with Crippen LogP contribution in [-0.4, -0.2) is 64.7 Å². The number of hydrogen-bond acceptors (Lipinski definition) is 4. The molecule has 0 aromatic heterocycles. The van der Waals surface area contributed by atoms with E-state index in [1.165, 1.54) is 0 Å². The summed E-state index contributed by atoms with van der Waals surface area (Å²) in [5, 5.41) is 6.64. The summed E-state index contributed by atoms with van der Waals surface area (Å²) in [6, 6.07) is 13.5. The molecule has 2 aromatic carbocycles. The van der Waals surface area contributed by atoms with Gasteiger partial charge in [-0.3, -0.25) is 9.79 Å². The van der Waals surface area contributed by atoms with Crippen LogP contribution in [-0.2, 0) is 12.8 Å². The van der Waals surface area contributed by atoms with Crippen LogP contribution in [0.1, 0.15) is 28.4 Å². The molecule has 1 amide bonds. The minimum atomic E-state index is 0.0117. The zero-order chi connectivity index (χ0) is 22.6. The molecular weight excluding hydrogens is 392 g/mol. The Morgan fingerprint density at radius 3 is 2.52 bits per heavy atom. The zero-order valence-electron chi connectivity index (χ0n) is 19.2. The standard InChI is InChI=1S/C24H34N4O3/c1-6-25-24(27-15-13-19-17-21(30-4)10-11-22(19)31-5)26-14-12-18-8-7-9-20(16-18)23(29)28(2)3/h7-11,16-17H,6,12-15H2,1-5H3,(H2,25,26,27). The Morgan fingerprint density at radius 2 is 1.84 bits per heavy atom. The molecule has 0 fully saturated rings. The molecule has 168 valence electrons. The highest BCUT2D eigenvalue weighted by Crippen LogP contribution is 2.24. The highest BCUT2D eigenvalue weighted by Gasteiger charge is 2.08. The quantitative estimate of drug-likeness (QED) is 0.451. The van der Waals surface area contributed by atoms with Crippen molar-refractivity contribution in [1.82, 2.24) is 15.5 Å². The van der Waals surface area contributed by atoms with Gasteiger partial charge in [-0.2, -0.15) is 0 Å². The molecule has 0 saturated heterocycles. The van der Waals surface area contributed by atoms with Gasteiger partial charge in [0, 0.05) is 39.3 Å². The molecule has 7 heteroatoms. The number of amides is 1. The molecule has 0 aliphatic heterocycles. The van der Waals surface area contributed by atoms with E-state index < -0.39 is 0 Å². The number of benzene rings is 2. The van der Waals surface area contributed by atoms with E-state index >= 15 is 0 Å². The predicted octanol–water partition coefficient (Wildman–Crippen LogP) is 2.75. The van der Waals surface area contributed by atoms with Crippen LogP contribution in [0.25, 0.3) is 0 Å². The summed E-state index contributed by atoms with van der Waals surface area (Å²) in [6.07, 6.45) is 1.54. The van der Waals surface area contributed by atoms with Crippen molar-refractivity contribution in [2.45, 2.75) is 19.8 Å². The van der Waals surface area contributed by atoms with E-state index in [1.807, 2.05) is 49.4 Å². The molecule has 2 aromatic rings. The Balaban J connectivity index is 1.94. The molecule has 0 unspecified atom stereocenters. The van der Waals surface area contributed by atoms with Crippen LogP contribution < -0.4 is 20.1 Å². The van der Waals surface area contributed by atoms with Crippen molar-refractivity contribution in [2.75, 3.05) is 47.9 Å². The van der Waals surface area contributed by atoms with Gasteiger partial charge in [0.15, 0.2) is 5.96 Å². The molecule has 0 radical (unpaired) electrons. The van der Waals surface area contributed by atoms with Crippen LogP contribution >= 0.6 is 0 Å². The number of nitrogens with one attached hydrogen (secondary N) is 2. The fourth-order valence-corrected chi connectivity index (χ4v) is 3.15. The molecule has 0 aliphatic rings. The second kappa shape index (κ2) is 12.5. The number of carbonyl (C=O) groups excluding carboxylic acids is 1. The summed E-state index contributed by atoms with van der Waals surface area (Å²) >= 11 is 0. The van der Waals surface area contributed by atoms with Crippen molar-refractivity contribution in [3.8, 4) is 11.5 Å². The smallest absolute Gasteiger partial charge is 0.253 e. The molecule has 0 bridgehead atoms. The number of carbonyl (C=O) groups is 1. The Bertz CT molecular complexity index is 881. The monoisotopic (exact) mass is 426 g/mol. The minimum absolute atomic E-state index is 0.0117. The fourth-order valence-electron chi connectivity index (χ4n) is 3.15. The first-order valence-corrected chi connectivity index (χ1v) is 10.5. The number of rotatable bonds is 10. The molecule has 0 heterocycles.